The number of carbonyl (C=O) groups is 1. The van der Waals surface area contributed by atoms with Crippen molar-refractivity contribution in [3.05, 3.63) is 0 Å². The molecule has 1 heterocycles. The van der Waals surface area contributed by atoms with Crippen LogP contribution in [0.2, 0.25) is 0 Å². The van der Waals surface area contributed by atoms with E-state index in [0.717, 1.165) is 11.5 Å². The zero-order valence-corrected chi connectivity index (χ0v) is 10.0. The van der Waals surface area contributed by atoms with Gasteiger partial charge in [-0.1, -0.05) is 6.92 Å². The summed E-state index contributed by atoms with van der Waals surface area (Å²) >= 11 is 9.13. The van der Waals surface area contributed by atoms with Crippen molar-refractivity contribution in [2.45, 2.75) is 29.9 Å². The summed E-state index contributed by atoms with van der Waals surface area (Å²) in [7, 11) is 0. The molecular formula is C8H13ClO2S2. The van der Waals surface area contributed by atoms with Crippen LogP contribution in [0.15, 0.2) is 0 Å². The van der Waals surface area contributed by atoms with E-state index in [1.807, 2.05) is 11.8 Å². The Labute approximate surface area is 92.1 Å². The van der Waals surface area contributed by atoms with E-state index in [1.165, 1.54) is 0 Å². The maximum Gasteiger partial charge on any atom is 0.324 e. The van der Waals surface area contributed by atoms with Crippen LogP contribution in [0.4, 0.5) is 0 Å². The van der Waals surface area contributed by atoms with Crippen molar-refractivity contribution >= 4 is 41.1 Å². The topological polar surface area (TPSA) is 26.3 Å². The summed E-state index contributed by atoms with van der Waals surface area (Å²) in [5.41, 5.74) is -0.0116. The average molecular weight is 241 g/mol. The highest BCUT2D eigenvalue weighted by atomic mass is 35.5. The summed E-state index contributed by atoms with van der Waals surface area (Å²) in [6.45, 7) is 3.77. The first-order chi connectivity index (χ1) is 6.09. The van der Waals surface area contributed by atoms with Crippen molar-refractivity contribution in [3.63, 3.8) is 0 Å². The summed E-state index contributed by atoms with van der Waals surface area (Å²) in [4.78, 5) is 11.1. The SMILES string of the molecule is CC1CSCC(OC(=O)C(C)Cl)S1. The summed E-state index contributed by atoms with van der Waals surface area (Å²) in [6, 6.07) is 0. The molecule has 0 bridgehead atoms. The Kier molecular flexibility index (Phi) is 4.76. The second-order valence-corrected chi connectivity index (χ2v) is 6.30. The molecule has 0 aromatic rings. The van der Waals surface area contributed by atoms with Gasteiger partial charge in [0.15, 0.2) is 5.44 Å². The number of rotatable bonds is 2. The van der Waals surface area contributed by atoms with Gasteiger partial charge in [0.05, 0.1) is 0 Å². The maximum absolute atomic E-state index is 11.1. The van der Waals surface area contributed by atoms with E-state index < -0.39 is 5.38 Å². The van der Waals surface area contributed by atoms with E-state index in [-0.39, 0.29) is 11.4 Å². The number of halogens is 1. The maximum atomic E-state index is 11.1. The molecule has 0 spiro atoms. The van der Waals surface area contributed by atoms with Crippen molar-refractivity contribution < 1.29 is 9.53 Å². The van der Waals surface area contributed by atoms with Gasteiger partial charge in [-0.05, 0) is 6.92 Å². The summed E-state index contributed by atoms with van der Waals surface area (Å²) in [5.74, 6) is 1.70. The van der Waals surface area contributed by atoms with Crippen LogP contribution < -0.4 is 0 Å². The third-order valence-electron chi connectivity index (χ3n) is 1.56. The second kappa shape index (κ2) is 5.37. The van der Waals surface area contributed by atoms with Crippen LogP contribution in [0.3, 0.4) is 0 Å². The van der Waals surface area contributed by atoms with Gasteiger partial charge in [-0.2, -0.15) is 11.8 Å². The molecule has 0 amide bonds. The fourth-order valence-corrected chi connectivity index (χ4v) is 3.61. The van der Waals surface area contributed by atoms with Crippen LogP contribution in [0, 0.1) is 0 Å². The van der Waals surface area contributed by atoms with Crippen LogP contribution in [-0.4, -0.2) is 33.5 Å². The lowest BCUT2D eigenvalue weighted by Gasteiger charge is -2.25. The van der Waals surface area contributed by atoms with Crippen molar-refractivity contribution in [2.24, 2.45) is 0 Å². The van der Waals surface area contributed by atoms with Crippen LogP contribution in [0.5, 0.6) is 0 Å². The lowest BCUT2D eigenvalue weighted by Crippen LogP contribution is -2.27. The molecule has 13 heavy (non-hydrogen) atoms. The fraction of sp³-hybridized carbons (Fsp3) is 0.875. The van der Waals surface area contributed by atoms with Gasteiger partial charge >= 0.3 is 5.97 Å². The number of alkyl halides is 1. The summed E-state index contributed by atoms with van der Waals surface area (Å²) < 4.78 is 5.19. The minimum absolute atomic E-state index is 0.0116. The minimum Gasteiger partial charge on any atom is -0.449 e. The van der Waals surface area contributed by atoms with Crippen LogP contribution >= 0.6 is 35.1 Å². The lowest BCUT2D eigenvalue weighted by molar-refractivity contribution is -0.143. The molecule has 1 saturated heterocycles. The number of ether oxygens (including phenoxy) is 1. The molecule has 3 unspecified atom stereocenters. The molecule has 3 atom stereocenters. The molecule has 0 N–H and O–H groups in total. The van der Waals surface area contributed by atoms with E-state index in [4.69, 9.17) is 16.3 Å². The highest BCUT2D eigenvalue weighted by molar-refractivity contribution is 8.07. The molecule has 1 aliphatic heterocycles. The zero-order chi connectivity index (χ0) is 9.84. The molecule has 2 nitrogen and oxygen atoms in total. The van der Waals surface area contributed by atoms with Crippen LogP contribution in [0.1, 0.15) is 13.8 Å². The van der Waals surface area contributed by atoms with E-state index in [0.29, 0.717) is 5.25 Å². The van der Waals surface area contributed by atoms with Gasteiger partial charge in [-0.3, -0.25) is 4.79 Å². The van der Waals surface area contributed by atoms with Gasteiger partial charge in [-0.25, -0.2) is 0 Å². The van der Waals surface area contributed by atoms with Gasteiger partial charge in [0.25, 0.3) is 0 Å². The summed E-state index contributed by atoms with van der Waals surface area (Å²) in [5, 5.41) is 0.0185. The molecule has 1 fully saturated rings. The third-order valence-corrected chi connectivity index (χ3v) is 4.64. The van der Waals surface area contributed by atoms with E-state index in [9.17, 15) is 4.79 Å². The Hall–Kier alpha value is 0.460. The van der Waals surface area contributed by atoms with E-state index in [1.54, 1.807) is 18.7 Å². The van der Waals surface area contributed by atoms with Crippen molar-refractivity contribution in [3.8, 4) is 0 Å². The minimum atomic E-state index is -0.539. The standard InChI is InChI=1S/C8H13ClO2S2/c1-5-3-12-4-7(13-5)11-8(10)6(2)9/h5-7H,3-4H2,1-2H3. The first-order valence-electron chi connectivity index (χ1n) is 4.17. The van der Waals surface area contributed by atoms with Gasteiger partial charge in [0.1, 0.15) is 5.38 Å². The lowest BCUT2D eigenvalue weighted by atomic mass is 10.5. The van der Waals surface area contributed by atoms with Gasteiger partial charge in [0.2, 0.25) is 0 Å². The Balaban J connectivity index is 2.31. The Morgan fingerprint density at radius 3 is 2.85 bits per heavy atom. The Bertz CT molecular complexity index is 187. The molecule has 0 aromatic carbocycles. The Morgan fingerprint density at radius 2 is 2.31 bits per heavy atom. The monoisotopic (exact) mass is 240 g/mol. The molecule has 1 rings (SSSR count). The zero-order valence-electron chi connectivity index (χ0n) is 7.66. The number of hydrogen-bond donors (Lipinski definition) is 0. The molecular weight excluding hydrogens is 228 g/mol. The molecule has 5 heteroatoms. The van der Waals surface area contributed by atoms with Crippen molar-refractivity contribution in [2.75, 3.05) is 11.5 Å². The number of hydrogen-bond acceptors (Lipinski definition) is 4. The highest BCUT2D eigenvalue weighted by Gasteiger charge is 2.24. The number of carbonyl (C=O) groups excluding carboxylic acids is 1. The predicted molar refractivity (Wildman–Crippen MR) is 59.6 cm³/mol. The molecule has 0 saturated carbocycles. The van der Waals surface area contributed by atoms with E-state index >= 15 is 0 Å². The first-order valence-corrected chi connectivity index (χ1v) is 6.70. The van der Waals surface area contributed by atoms with E-state index in [2.05, 4.69) is 6.92 Å². The van der Waals surface area contributed by atoms with Crippen LogP contribution in [-0.2, 0) is 9.53 Å². The molecule has 0 radical (unpaired) electrons. The Morgan fingerprint density at radius 1 is 1.62 bits per heavy atom. The molecule has 0 aromatic heterocycles. The third kappa shape index (κ3) is 4.00. The van der Waals surface area contributed by atoms with Gasteiger partial charge in [0, 0.05) is 16.8 Å². The number of thioether (sulfide) groups is 2. The second-order valence-electron chi connectivity index (χ2n) is 2.97. The predicted octanol–water partition coefficient (Wildman–Crippen LogP) is 2.35. The highest BCUT2D eigenvalue weighted by Crippen LogP contribution is 2.30. The van der Waals surface area contributed by atoms with Crippen molar-refractivity contribution in [1.82, 2.24) is 0 Å². The molecule has 76 valence electrons. The van der Waals surface area contributed by atoms with Gasteiger partial charge < -0.3 is 4.74 Å². The molecule has 0 aliphatic carbocycles. The molecule has 1 aliphatic rings. The van der Waals surface area contributed by atoms with Gasteiger partial charge in [-0.15, -0.1) is 23.4 Å². The smallest absolute Gasteiger partial charge is 0.324 e. The average Bonchev–Trinajstić information content (AvgIpc) is 2.04. The quantitative estimate of drug-likeness (QED) is 0.547. The first kappa shape index (κ1) is 11.5. The normalized spacial score (nSPS) is 31.0. The largest absolute Gasteiger partial charge is 0.449 e. The van der Waals surface area contributed by atoms with Crippen LogP contribution in [0.25, 0.3) is 0 Å². The van der Waals surface area contributed by atoms with Crippen molar-refractivity contribution in [1.29, 1.82) is 0 Å². The summed E-state index contributed by atoms with van der Waals surface area (Å²) in [6.07, 6.45) is 0. The fourth-order valence-electron chi connectivity index (χ4n) is 0.953. The number of esters is 1.